The van der Waals surface area contributed by atoms with Crippen LogP contribution in [0.15, 0.2) is 0 Å². The summed E-state index contributed by atoms with van der Waals surface area (Å²) in [6.07, 6.45) is 1.05. The second-order valence-electron chi connectivity index (χ2n) is 5.58. The van der Waals surface area contributed by atoms with Crippen molar-refractivity contribution in [3.8, 4) is 0 Å². The molecule has 5 heteroatoms. The zero-order valence-electron chi connectivity index (χ0n) is 12.1. The van der Waals surface area contributed by atoms with Crippen molar-refractivity contribution in [2.45, 2.75) is 46.2 Å². The van der Waals surface area contributed by atoms with Gasteiger partial charge in [-0.3, -0.25) is 9.69 Å². The van der Waals surface area contributed by atoms with E-state index in [2.05, 4.69) is 18.7 Å². The largest absolute Gasteiger partial charge is 0.340 e. The lowest BCUT2D eigenvalue weighted by molar-refractivity contribution is -0.133. The zero-order valence-corrected chi connectivity index (χ0v) is 12.9. The Labute approximate surface area is 117 Å². The SMILES string of the molecule is CC(C)[C@H](N)C(=O)N1CCCN(C(C)C)CC1.Cl. The summed E-state index contributed by atoms with van der Waals surface area (Å²) in [4.78, 5) is 16.5. The van der Waals surface area contributed by atoms with Gasteiger partial charge in [0, 0.05) is 32.2 Å². The molecule has 0 radical (unpaired) electrons. The van der Waals surface area contributed by atoms with E-state index in [1.807, 2.05) is 18.7 Å². The van der Waals surface area contributed by atoms with E-state index in [1.54, 1.807) is 0 Å². The van der Waals surface area contributed by atoms with E-state index in [1.165, 1.54) is 0 Å². The number of rotatable bonds is 3. The first-order chi connectivity index (χ1) is 7.93. The molecular formula is C13H28ClN3O. The Bertz CT molecular complexity index is 259. The standard InChI is InChI=1S/C13H27N3O.ClH/c1-10(2)12(14)13(17)16-7-5-6-15(8-9-16)11(3)4;/h10-12H,5-9,14H2,1-4H3;1H/t12-;/m0./s1. The molecule has 1 atom stereocenters. The molecule has 0 aromatic rings. The summed E-state index contributed by atoms with van der Waals surface area (Å²) in [7, 11) is 0. The molecule has 1 saturated heterocycles. The van der Waals surface area contributed by atoms with Gasteiger partial charge in [0.05, 0.1) is 6.04 Å². The average Bonchev–Trinajstić information content (AvgIpc) is 2.52. The van der Waals surface area contributed by atoms with Crippen LogP contribution in [0.2, 0.25) is 0 Å². The molecule has 0 aromatic carbocycles. The Morgan fingerprint density at radius 2 is 1.67 bits per heavy atom. The molecule has 1 aliphatic heterocycles. The second-order valence-corrected chi connectivity index (χ2v) is 5.58. The highest BCUT2D eigenvalue weighted by Crippen LogP contribution is 2.10. The summed E-state index contributed by atoms with van der Waals surface area (Å²) in [5, 5.41) is 0. The van der Waals surface area contributed by atoms with Crippen molar-refractivity contribution in [1.29, 1.82) is 0 Å². The van der Waals surface area contributed by atoms with Gasteiger partial charge in [0.1, 0.15) is 0 Å². The predicted molar refractivity (Wildman–Crippen MR) is 78.0 cm³/mol. The highest BCUT2D eigenvalue weighted by molar-refractivity contribution is 5.85. The molecule has 1 heterocycles. The van der Waals surface area contributed by atoms with Crippen LogP contribution in [0.5, 0.6) is 0 Å². The van der Waals surface area contributed by atoms with Gasteiger partial charge in [0.2, 0.25) is 5.91 Å². The number of hydrogen-bond donors (Lipinski definition) is 1. The third kappa shape index (κ3) is 4.75. The molecule has 108 valence electrons. The lowest BCUT2D eigenvalue weighted by Crippen LogP contribution is -2.47. The van der Waals surface area contributed by atoms with Gasteiger partial charge in [-0.05, 0) is 26.2 Å². The van der Waals surface area contributed by atoms with E-state index in [4.69, 9.17) is 5.73 Å². The number of nitrogens with two attached hydrogens (primary N) is 1. The van der Waals surface area contributed by atoms with Crippen molar-refractivity contribution in [3.63, 3.8) is 0 Å². The maximum atomic E-state index is 12.2. The molecule has 1 fully saturated rings. The van der Waals surface area contributed by atoms with E-state index >= 15 is 0 Å². The van der Waals surface area contributed by atoms with Crippen molar-refractivity contribution in [1.82, 2.24) is 9.80 Å². The minimum Gasteiger partial charge on any atom is -0.340 e. The van der Waals surface area contributed by atoms with Crippen LogP contribution in [0.1, 0.15) is 34.1 Å². The fourth-order valence-corrected chi connectivity index (χ4v) is 2.17. The van der Waals surface area contributed by atoms with Crippen LogP contribution in [0.3, 0.4) is 0 Å². The van der Waals surface area contributed by atoms with Gasteiger partial charge < -0.3 is 10.6 Å². The highest BCUT2D eigenvalue weighted by Gasteiger charge is 2.25. The molecule has 0 spiro atoms. The zero-order chi connectivity index (χ0) is 13.0. The predicted octanol–water partition coefficient (Wildman–Crippen LogP) is 1.33. The molecule has 0 saturated carbocycles. The molecule has 1 rings (SSSR count). The van der Waals surface area contributed by atoms with E-state index in [0.29, 0.717) is 6.04 Å². The number of halogens is 1. The number of carbonyl (C=O) groups is 1. The van der Waals surface area contributed by atoms with Crippen LogP contribution < -0.4 is 5.73 Å². The summed E-state index contributed by atoms with van der Waals surface area (Å²) in [6, 6.07) is 0.212. The van der Waals surface area contributed by atoms with E-state index in [0.717, 1.165) is 32.6 Å². The quantitative estimate of drug-likeness (QED) is 0.847. The van der Waals surface area contributed by atoms with Crippen LogP contribution in [0, 0.1) is 5.92 Å². The second kappa shape index (κ2) is 7.97. The summed E-state index contributed by atoms with van der Waals surface area (Å²) >= 11 is 0. The fourth-order valence-electron chi connectivity index (χ4n) is 2.17. The van der Waals surface area contributed by atoms with Crippen molar-refractivity contribution >= 4 is 18.3 Å². The molecule has 4 nitrogen and oxygen atoms in total. The molecule has 1 amide bonds. The van der Waals surface area contributed by atoms with Gasteiger partial charge in [0.15, 0.2) is 0 Å². The number of hydrogen-bond acceptors (Lipinski definition) is 3. The molecule has 18 heavy (non-hydrogen) atoms. The Balaban J connectivity index is 0.00000289. The summed E-state index contributed by atoms with van der Waals surface area (Å²) in [5.74, 6) is 0.331. The topological polar surface area (TPSA) is 49.6 Å². The van der Waals surface area contributed by atoms with Gasteiger partial charge in [-0.25, -0.2) is 0 Å². The van der Waals surface area contributed by atoms with Crippen LogP contribution in [0.25, 0.3) is 0 Å². The molecule has 0 bridgehead atoms. The van der Waals surface area contributed by atoms with Gasteiger partial charge in [0.25, 0.3) is 0 Å². The summed E-state index contributed by atoms with van der Waals surface area (Å²) in [6.45, 7) is 12.1. The Morgan fingerprint density at radius 3 is 2.17 bits per heavy atom. The van der Waals surface area contributed by atoms with Gasteiger partial charge in [-0.1, -0.05) is 13.8 Å². The number of carbonyl (C=O) groups excluding carboxylic acids is 1. The summed E-state index contributed by atoms with van der Waals surface area (Å²) < 4.78 is 0. The molecule has 0 aromatic heterocycles. The molecule has 1 aliphatic rings. The van der Waals surface area contributed by atoms with Crippen molar-refractivity contribution in [2.24, 2.45) is 11.7 Å². The molecular weight excluding hydrogens is 250 g/mol. The van der Waals surface area contributed by atoms with Crippen molar-refractivity contribution in [3.05, 3.63) is 0 Å². The van der Waals surface area contributed by atoms with Crippen LogP contribution >= 0.6 is 12.4 Å². The molecule has 0 aliphatic carbocycles. The van der Waals surface area contributed by atoms with Crippen LogP contribution in [0.4, 0.5) is 0 Å². The van der Waals surface area contributed by atoms with Crippen LogP contribution in [-0.4, -0.2) is 54.0 Å². The lowest BCUT2D eigenvalue weighted by Gasteiger charge is -2.27. The lowest BCUT2D eigenvalue weighted by atomic mass is 10.0. The number of nitrogens with zero attached hydrogens (tertiary/aromatic N) is 2. The Hall–Kier alpha value is -0.320. The van der Waals surface area contributed by atoms with E-state index < -0.39 is 0 Å². The third-order valence-corrected chi connectivity index (χ3v) is 3.58. The van der Waals surface area contributed by atoms with Gasteiger partial charge in [-0.15, -0.1) is 12.4 Å². The third-order valence-electron chi connectivity index (χ3n) is 3.58. The normalized spacial score (nSPS) is 19.6. The van der Waals surface area contributed by atoms with Gasteiger partial charge >= 0.3 is 0 Å². The summed E-state index contributed by atoms with van der Waals surface area (Å²) in [5.41, 5.74) is 5.93. The molecule has 2 N–H and O–H groups in total. The first kappa shape index (κ1) is 17.7. The van der Waals surface area contributed by atoms with E-state index in [9.17, 15) is 4.79 Å². The minimum absolute atomic E-state index is 0. The Morgan fingerprint density at radius 1 is 1.06 bits per heavy atom. The average molecular weight is 278 g/mol. The van der Waals surface area contributed by atoms with E-state index in [-0.39, 0.29) is 30.3 Å². The van der Waals surface area contributed by atoms with Gasteiger partial charge in [-0.2, -0.15) is 0 Å². The van der Waals surface area contributed by atoms with Crippen LogP contribution in [-0.2, 0) is 4.79 Å². The smallest absolute Gasteiger partial charge is 0.239 e. The Kier molecular flexibility index (Phi) is 7.83. The monoisotopic (exact) mass is 277 g/mol. The van der Waals surface area contributed by atoms with Crippen molar-refractivity contribution < 1.29 is 4.79 Å². The highest BCUT2D eigenvalue weighted by atomic mass is 35.5. The first-order valence-electron chi connectivity index (χ1n) is 6.72. The maximum absolute atomic E-state index is 12.2. The number of amides is 1. The van der Waals surface area contributed by atoms with Crippen molar-refractivity contribution in [2.75, 3.05) is 26.2 Å². The fraction of sp³-hybridized carbons (Fsp3) is 0.923. The maximum Gasteiger partial charge on any atom is 0.239 e. The molecule has 0 unspecified atom stereocenters. The first-order valence-corrected chi connectivity index (χ1v) is 6.72. The minimum atomic E-state index is -0.347.